The van der Waals surface area contributed by atoms with Crippen molar-refractivity contribution < 1.29 is 18.0 Å². The van der Waals surface area contributed by atoms with Gasteiger partial charge in [-0.1, -0.05) is 66.7 Å². The van der Waals surface area contributed by atoms with Crippen molar-refractivity contribution in [2.75, 3.05) is 23.7 Å². The van der Waals surface area contributed by atoms with Gasteiger partial charge in [-0.15, -0.1) is 0 Å². The van der Waals surface area contributed by atoms with E-state index in [0.29, 0.717) is 12.2 Å². The molecular weight excluding hydrogens is 438 g/mol. The van der Waals surface area contributed by atoms with Crippen LogP contribution in [0.1, 0.15) is 19.4 Å². The maximum Gasteiger partial charge on any atom is 0.244 e. The van der Waals surface area contributed by atoms with Gasteiger partial charge < -0.3 is 10.2 Å². The SMILES string of the molecule is CCNC(=O)[C@@H](C)N(Cc1ccccc1)C(=O)CN(c1cccc2ccccc12)S(C)(=O)=O. The molecule has 2 amide bonds. The summed E-state index contributed by atoms with van der Waals surface area (Å²) < 4.78 is 26.7. The van der Waals surface area contributed by atoms with E-state index in [1.807, 2.05) is 60.7 Å². The number of likely N-dealkylation sites (N-methyl/N-ethyl adjacent to an activating group) is 1. The third-order valence-electron chi connectivity index (χ3n) is 5.43. The first-order chi connectivity index (χ1) is 15.7. The summed E-state index contributed by atoms with van der Waals surface area (Å²) >= 11 is 0. The number of carbonyl (C=O) groups excluding carboxylic acids is 2. The highest BCUT2D eigenvalue weighted by Crippen LogP contribution is 2.28. The third kappa shape index (κ3) is 5.90. The van der Waals surface area contributed by atoms with Crippen molar-refractivity contribution in [1.82, 2.24) is 10.2 Å². The topological polar surface area (TPSA) is 86.8 Å². The number of fused-ring (bicyclic) bond motifs is 1. The summed E-state index contributed by atoms with van der Waals surface area (Å²) in [6.07, 6.45) is 1.08. The third-order valence-corrected chi connectivity index (χ3v) is 6.56. The Morgan fingerprint density at radius 3 is 2.24 bits per heavy atom. The van der Waals surface area contributed by atoms with Gasteiger partial charge in [0.25, 0.3) is 0 Å². The van der Waals surface area contributed by atoms with E-state index < -0.39 is 28.5 Å². The van der Waals surface area contributed by atoms with Gasteiger partial charge in [-0.25, -0.2) is 8.42 Å². The van der Waals surface area contributed by atoms with Crippen LogP contribution in [0.5, 0.6) is 0 Å². The first kappa shape index (κ1) is 24.3. The molecular formula is C25H29N3O4S. The number of sulfonamides is 1. The Hall–Kier alpha value is -3.39. The van der Waals surface area contributed by atoms with Crippen LogP contribution in [-0.4, -0.2) is 50.5 Å². The molecule has 33 heavy (non-hydrogen) atoms. The predicted molar refractivity (Wildman–Crippen MR) is 131 cm³/mol. The fourth-order valence-electron chi connectivity index (χ4n) is 3.71. The number of rotatable bonds is 9. The van der Waals surface area contributed by atoms with Crippen molar-refractivity contribution in [2.45, 2.75) is 26.4 Å². The van der Waals surface area contributed by atoms with Crippen LogP contribution in [0.25, 0.3) is 10.8 Å². The van der Waals surface area contributed by atoms with Crippen LogP contribution < -0.4 is 9.62 Å². The minimum absolute atomic E-state index is 0.186. The van der Waals surface area contributed by atoms with Crippen LogP contribution in [-0.2, 0) is 26.2 Å². The second-order valence-corrected chi connectivity index (χ2v) is 9.75. The molecule has 0 unspecified atom stereocenters. The lowest BCUT2D eigenvalue weighted by atomic mass is 10.1. The molecule has 8 heteroatoms. The van der Waals surface area contributed by atoms with Crippen molar-refractivity contribution in [3.63, 3.8) is 0 Å². The van der Waals surface area contributed by atoms with Crippen LogP contribution in [0.4, 0.5) is 5.69 Å². The molecule has 3 rings (SSSR count). The van der Waals surface area contributed by atoms with Gasteiger partial charge in [0.1, 0.15) is 12.6 Å². The van der Waals surface area contributed by atoms with Gasteiger partial charge >= 0.3 is 0 Å². The van der Waals surface area contributed by atoms with E-state index in [2.05, 4.69) is 5.32 Å². The monoisotopic (exact) mass is 467 g/mol. The summed E-state index contributed by atoms with van der Waals surface area (Å²) in [7, 11) is -3.78. The highest BCUT2D eigenvalue weighted by atomic mass is 32.2. The van der Waals surface area contributed by atoms with Gasteiger partial charge in [-0.05, 0) is 30.9 Å². The number of hydrogen-bond acceptors (Lipinski definition) is 4. The molecule has 3 aromatic carbocycles. The van der Waals surface area contributed by atoms with Crippen molar-refractivity contribution >= 4 is 38.3 Å². The molecule has 1 atom stereocenters. The van der Waals surface area contributed by atoms with Gasteiger partial charge in [0, 0.05) is 18.5 Å². The molecule has 7 nitrogen and oxygen atoms in total. The quantitative estimate of drug-likeness (QED) is 0.524. The van der Waals surface area contributed by atoms with Crippen LogP contribution >= 0.6 is 0 Å². The van der Waals surface area contributed by atoms with E-state index in [9.17, 15) is 18.0 Å². The Morgan fingerprint density at radius 1 is 0.939 bits per heavy atom. The fourth-order valence-corrected chi connectivity index (χ4v) is 4.57. The summed E-state index contributed by atoms with van der Waals surface area (Å²) in [5.41, 5.74) is 1.27. The highest BCUT2D eigenvalue weighted by molar-refractivity contribution is 7.92. The Kier molecular flexibility index (Phi) is 7.71. The lowest BCUT2D eigenvalue weighted by Crippen LogP contribution is -2.51. The average molecular weight is 468 g/mol. The molecule has 1 N–H and O–H groups in total. The summed E-state index contributed by atoms with van der Waals surface area (Å²) in [4.78, 5) is 27.5. The molecule has 0 saturated heterocycles. The number of nitrogens with one attached hydrogen (secondary N) is 1. The second-order valence-electron chi connectivity index (χ2n) is 7.85. The van der Waals surface area contributed by atoms with E-state index in [1.165, 1.54) is 4.90 Å². The maximum atomic E-state index is 13.5. The smallest absolute Gasteiger partial charge is 0.244 e. The van der Waals surface area contributed by atoms with Crippen LogP contribution in [0, 0.1) is 0 Å². The summed E-state index contributed by atoms with van der Waals surface area (Å²) in [5, 5.41) is 4.34. The van der Waals surface area contributed by atoms with Crippen molar-refractivity contribution in [2.24, 2.45) is 0 Å². The zero-order valence-electron chi connectivity index (χ0n) is 19.1. The summed E-state index contributed by atoms with van der Waals surface area (Å²) in [6.45, 7) is 3.66. The van der Waals surface area contributed by atoms with Crippen LogP contribution in [0.3, 0.4) is 0 Å². The van der Waals surface area contributed by atoms with E-state index >= 15 is 0 Å². The molecule has 0 aromatic heterocycles. The lowest BCUT2D eigenvalue weighted by Gasteiger charge is -2.31. The first-order valence-electron chi connectivity index (χ1n) is 10.8. The minimum atomic E-state index is -3.78. The zero-order chi connectivity index (χ0) is 24.0. The van der Waals surface area contributed by atoms with Crippen molar-refractivity contribution in [1.29, 1.82) is 0 Å². The molecule has 0 saturated carbocycles. The molecule has 0 bridgehead atoms. The largest absolute Gasteiger partial charge is 0.355 e. The number of benzene rings is 3. The molecule has 3 aromatic rings. The standard InChI is InChI=1S/C25H29N3O4S/c1-4-26-25(30)19(2)27(17-20-11-6-5-7-12-20)24(29)18-28(33(3,31)32)23-16-10-14-21-13-8-9-15-22(21)23/h5-16,19H,4,17-18H2,1-3H3,(H,26,30)/t19-/m1/s1. The van der Waals surface area contributed by atoms with Gasteiger partial charge in [0.2, 0.25) is 21.8 Å². The number of anilines is 1. The number of nitrogens with zero attached hydrogens (tertiary/aromatic N) is 2. The molecule has 174 valence electrons. The van der Waals surface area contributed by atoms with Gasteiger partial charge in [-0.3, -0.25) is 13.9 Å². The van der Waals surface area contributed by atoms with Crippen LogP contribution in [0.15, 0.2) is 72.8 Å². The molecule has 0 aliphatic heterocycles. The molecule has 0 aliphatic rings. The van der Waals surface area contributed by atoms with Gasteiger partial charge in [-0.2, -0.15) is 0 Å². The van der Waals surface area contributed by atoms with E-state index in [1.54, 1.807) is 26.0 Å². The Bertz CT molecular complexity index is 1220. The first-order valence-corrected chi connectivity index (χ1v) is 12.6. The Balaban J connectivity index is 1.98. The predicted octanol–water partition coefficient (Wildman–Crippen LogP) is 3.16. The van der Waals surface area contributed by atoms with Crippen LogP contribution in [0.2, 0.25) is 0 Å². The lowest BCUT2D eigenvalue weighted by molar-refractivity contribution is -0.139. The summed E-state index contributed by atoms with van der Waals surface area (Å²) in [5.74, 6) is -0.756. The second kappa shape index (κ2) is 10.5. The summed E-state index contributed by atoms with van der Waals surface area (Å²) in [6, 6.07) is 21.3. The van der Waals surface area contributed by atoms with Gasteiger partial charge in [0.15, 0.2) is 0 Å². The fraction of sp³-hybridized carbons (Fsp3) is 0.280. The molecule has 0 aliphatic carbocycles. The molecule has 0 heterocycles. The van der Waals surface area contributed by atoms with Crippen molar-refractivity contribution in [3.05, 3.63) is 78.4 Å². The Morgan fingerprint density at radius 2 is 1.58 bits per heavy atom. The molecule has 0 fully saturated rings. The minimum Gasteiger partial charge on any atom is -0.355 e. The molecule has 0 radical (unpaired) electrons. The molecule has 0 spiro atoms. The Labute approximate surface area is 195 Å². The van der Waals surface area contributed by atoms with E-state index in [4.69, 9.17) is 0 Å². The number of carbonyl (C=O) groups is 2. The van der Waals surface area contributed by atoms with E-state index in [-0.39, 0.29) is 12.5 Å². The van der Waals surface area contributed by atoms with E-state index in [0.717, 1.165) is 26.9 Å². The van der Waals surface area contributed by atoms with Gasteiger partial charge in [0.05, 0.1) is 11.9 Å². The normalized spacial score (nSPS) is 12.2. The maximum absolute atomic E-state index is 13.5. The van der Waals surface area contributed by atoms with Crippen molar-refractivity contribution in [3.8, 4) is 0 Å². The average Bonchev–Trinajstić information content (AvgIpc) is 2.80. The number of hydrogen-bond donors (Lipinski definition) is 1. The zero-order valence-corrected chi connectivity index (χ0v) is 19.9. The highest BCUT2D eigenvalue weighted by Gasteiger charge is 2.30. The number of amides is 2.